The van der Waals surface area contributed by atoms with Gasteiger partial charge >= 0.3 is 0 Å². The van der Waals surface area contributed by atoms with Crippen molar-refractivity contribution < 1.29 is 19.2 Å². The quantitative estimate of drug-likeness (QED) is 0.214. The summed E-state index contributed by atoms with van der Waals surface area (Å²) in [7, 11) is 0. The van der Waals surface area contributed by atoms with E-state index in [2.05, 4.69) is 15.8 Å². The summed E-state index contributed by atoms with van der Waals surface area (Å²) in [5, 5.41) is 17.3. The van der Waals surface area contributed by atoms with E-state index in [9.17, 15) is 19.7 Å². The van der Waals surface area contributed by atoms with Crippen LogP contribution in [-0.4, -0.2) is 23.0 Å². The standard InChI is InChI=1S/C25H24N4O5/c1-17-3-8-21(13-18(17)2)27-24(30)14-25(31)28-26-15-19-6-11-23(12-7-19)34-16-20-4-9-22(10-5-20)29(32)33/h3-13,15H,14,16H2,1-2H3,(H,27,30)(H,28,31). The summed E-state index contributed by atoms with van der Waals surface area (Å²) < 4.78 is 5.67. The highest BCUT2D eigenvalue weighted by Crippen LogP contribution is 2.16. The first-order valence-corrected chi connectivity index (χ1v) is 10.5. The van der Waals surface area contributed by atoms with Crippen molar-refractivity contribution in [2.45, 2.75) is 26.9 Å². The van der Waals surface area contributed by atoms with Crippen molar-refractivity contribution >= 4 is 29.4 Å². The molecule has 0 radical (unpaired) electrons. The van der Waals surface area contributed by atoms with Crippen LogP contribution in [0, 0.1) is 24.0 Å². The minimum atomic E-state index is -0.527. The molecule has 3 rings (SSSR count). The number of hydrogen-bond donors (Lipinski definition) is 2. The average molecular weight is 460 g/mol. The topological polar surface area (TPSA) is 123 Å². The average Bonchev–Trinajstić information content (AvgIpc) is 2.81. The molecule has 174 valence electrons. The molecule has 0 aliphatic heterocycles. The first-order valence-electron chi connectivity index (χ1n) is 10.5. The minimum absolute atomic E-state index is 0.0291. The van der Waals surface area contributed by atoms with Gasteiger partial charge in [-0.05, 0) is 84.6 Å². The predicted octanol–water partition coefficient (Wildman–Crippen LogP) is 4.27. The van der Waals surface area contributed by atoms with E-state index in [4.69, 9.17) is 4.74 Å². The third kappa shape index (κ3) is 7.27. The number of carbonyl (C=O) groups excluding carboxylic acids is 2. The van der Waals surface area contributed by atoms with Crippen molar-refractivity contribution in [2.24, 2.45) is 5.10 Å². The molecule has 0 atom stereocenters. The van der Waals surface area contributed by atoms with Gasteiger partial charge in [0, 0.05) is 17.8 Å². The smallest absolute Gasteiger partial charge is 0.269 e. The van der Waals surface area contributed by atoms with E-state index in [1.807, 2.05) is 26.0 Å². The number of nitrogens with zero attached hydrogens (tertiary/aromatic N) is 2. The van der Waals surface area contributed by atoms with Gasteiger partial charge in [0.25, 0.3) is 5.69 Å². The van der Waals surface area contributed by atoms with Crippen LogP contribution >= 0.6 is 0 Å². The maximum Gasteiger partial charge on any atom is 0.269 e. The van der Waals surface area contributed by atoms with Crippen LogP contribution in [-0.2, 0) is 16.2 Å². The monoisotopic (exact) mass is 460 g/mol. The predicted molar refractivity (Wildman–Crippen MR) is 129 cm³/mol. The van der Waals surface area contributed by atoms with Crippen molar-refractivity contribution in [2.75, 3.05) is 5.32 Å². The van der Waals surface area contributed by atoms with Crippen LogP contribution in [0.1, 0.15) is 28.7 Å². The molecule has 34 heavy (non-hydrogen) atoms. The Hall–Kier alpha value is -4.53. The highest BCUT2D eigenvalue weighted by Gasteiger charge is 2.09. The Kier molecular flexibility index (Phi) is 8.07. The van der Waals surface area contributed by atoms with E-state index in [0.717, 1.165) is 22.3 Å². The molecule has 0 bridgehead atoms. The zero-order valence-electron chi connectivity index (χ0n) is 18.8. The third-order valence-corrected chi connectivity index (χ3v) is 4.95. The Bertz CT molecular complexity index is 1200. The second kappa shape index (κ2) is 11.4. The summed E-state index contributed by atoms with van der Waals surface area (Å²) in [4.78, 5) is 34.2. The van der Waals surface area contributed by atoms with E-state index >= 15 is 0 Å². The van der Waals surface area contributed by atoms with Crippen molar-refractivity contribution in [3.05, 3.63) is 99.1 Å². The second-order valence-electron chi connectivity index (χ2n) is 7.60. The molecule has 0 aliphatic carbocycles. The zero-order chi connectivity index (χ0) is 24.5. The van der Waals surface area contributed by atoms with Crippen molar-refractivity contribution in [1.29, 1.82) is 0 Å². The molecule has 0 aliphatic rings. The van der Waals surface area contributed by atoms with Gasteiger partial charge in [0.1, 0.15) is 18.8 Å². The van der Waals surface area contributed by atoms with Crippen LogP contribution in [0.25, 0.3) is 0 Å². The SMILES string of the molecule is Cc1ccc(NC(=O)CC(=O)NN=Cc2ccc(OCc3ccc([N+](=O)[O-])cc3)cc2)cc1C. The van der Waals surface area contributed by atoms with Gasteiger partial charge in [-0.2, -0.15) is 5.10 Å². The number of hydrogen-bond acceptors (Lipinski definition) is 6. The zero-order valence-corrected chi connectivity index (χ0v) is 18.8. The number of hydrazone groups is 1. The molecule has 2 N–H and O–H groups in total. The summed E-state index contributed by atoms with van der Waals surface area (Å²) >= 11 is 0. The summed E-state index contributed by atoms with van der Waals surface area (Å²) in [5.74, 6) is -0.339. The lowest BCUT2D eigenvalue weighted by Gasteiger charge is -2.07. The molecule has 3 aromatic rings. The van der Waals surface area contributed by atoms with Crippen LogP contribution in [0.3, 0.4) is 0 Å². The molecule has 0 saturated heterocycles. The molecule has 0 spiro atoms. The van der Waals surface area contributed by atoms with Crippen LogP contribution < -0.4 is 15.5 Å². The van der Waals surface area contributed by atoms with Gasteiger partial charge < -0.3 is 10.1 Å². The van der Waals surface area contributed by atoms with Crippen LogP contribution in [0.2, 0.25) is 0 Å². The van der Waals surface area contributed by atoms with Crippen molar-refractivity contribution in [3.8, 4) is 5.75 Å². The molecule has 0 heterocycles. The number of nitrogens with one attached hydrogen (secondary N) is 2. The van der Waals surface area contributed by atoms with E-state index in [1.54, 1.807) is 42.5 Å². The Labute approximate surface area is 196 Å². The molecular weight excluding hydrogens is 436 g/mol. The van der Waals surface area contributed by atoms with Crippen LogP contribution in [0.15, 0.2) is 71.8 Å². The summed E-state index contributed by atoms with van der Waals surface area (Å²) in [6.45, 7) is 4.20. The lowest BCUT2D eigenvalue weighted by Crippen LogP contribution is -2.24. The fourth-order valence-corrected chi connectivity index (χ4v) is 2.92. The molecule has 0 fully saturated rings. The number of nitro groups is 1. The molecule has 9 heteroatoms. The Morgan fingerprint density at radius 3 is 2.32 bits per heavy atom. The van der Waals surface area contributed by atoms with Gasteiger partial charge in [0.2, 0.25) is 11.8 Å². The number of rotatable bonds is 9. The molecule has 3 aromatic carbocycles. The van der Waals surface area contributed by atoms with Gasteiger partial charge in [-0.3, -0.25) is 19.7 Å². The third-order valence-electron chi connectivity index (χ3n) is 4.95. The lowest BCUT2D eigenvalue weighted by atomic mass is 10.1. The van der Waals surface area contributed by atoms with Gasteiger partial charge in [0.15, 0.2) is 0 Å². The summed E-state index contributed by atoms with van der Waals surface area (Å²) in [5.41, 5.74) is 6.70. The van der Waals surface area contributed by atoms with E-state index in [-0.39, 0.29) is 18.7 Å². The lowest BCUT2D eigenvalue weighted by molar-refractivity contribution is -0.384. The minimum Gasteiger partial charge on any atom is -0.489 e. The number of non-ortho nitro benzene ring substituents is 1. The number of aryl methyl sites for hydroxylation is 2. The normalized spacial score (nSPS) is 10.6. The maximum atomic E-state index is 12.0. The summed E-state index contributed by atoms with van der Waals surface area (Å²) in [6.07, 6.45) is 1.11. The molecular formula is C25H24N4O5. The molecule has 0 unspecified atom stereocenters. The van der Waals surface area contributed by atoms with Gasteiger partial charge in [0.05, 0.1) is 11.1 Å². The number of nitro benzene ring substituents is 1. The van der Waals surface area contributed by atoms with E-state index in [1.165, 1.54) is 18.3 Å². The largest absolute Gasteiger partial charge is 0.489 e. The molecule has 9 nitrogen and oxygen atoms in total. The summed E-state index contributed by atoms with van der Waals surface area (Å²) in [6, 6.07) is 18.7. The van der Waals surface area contributed by atoms with Gasteiger partial charge in [-0.25, -0.2) is 5.43 Å². The molecule has 0 aromatic heterocycles. The Morgan fingerprint density at radius 1 is 0.971 bits per heavy atom. The number of ether oxygens (including phenoxy) is 1. The first-order chi connectivity index (χ1) is 16.3. The number of amides is 2. The molecule has 2 amide bonds. The van der Waals surface area contributed by atoms with Crippen LogP contribution in [0.4, 0.5) is 11.4 Å². The van der Waals surface area contributed by atoms with Crippen LogP contribution in [0.5, 0.6) is 5.75 Å². The highest BCUT2D eigenvalue weighted by atomic mass is 16.6. The number of benzene rings is 3. The number of anilines is 1. The second-order valence-corrected chi connectivity index (χ2v) is 7.60. The Balaban J connectivity index is 1.42. The fourth-order valence-electron chi connectivity index (χ4n) is 2.92. The fraction of sp³-hybridized carbons (Fsp3) is 0.160. The maximum absolute atomic E-state index is 12.0. The first kappa shape index (κ1) is 24.1. The molecule has 0 saturated carbocycles. The van der Waals surface area contributed by atoms with Crippen molar-refractivity contribution in [1.82, 2.24) is 5.43 Å². The van der Waals surface area contributed by atoms with E-state index < -0.39 is 16.7 Å². The van der Waals surface area contributed by atoms with Crippen molar-refractivity contribution in [3.63, 3.8) is 0 Å². The number of carbonyl (C=O) groups is 2. The highest BCUT2D eigenvalue weighted by molar-refractivity contribution is 6.03. The van der Waals surface area contributed by atoms with Gasteiger partial charge in [-0.15, -0.1) is 0 Å². The van der Waals surface area contributed by atoms with E-state index in [0.29, 0.717) is 11.4 Å². The Morgan fingerprint density at radius 2 is 1.68 bits per heavy atom. The van der Waals surface area contributed by atoms with Gasteiger partial charge in [-0.1, -0.05) is 6.07 Å².